The number of aliphatic hydroxyl groups is 1. The van der Waals surface area contributed by atoms with Crippen LogP contribution in [0.1, 0.15) is 40.7 Å². The van der Waals surface area contributed by atoms with Crippen molar-refractivity contribution >= 4 is 11.5 Å². The van der Waals surface area contributed by atoms with Crippen molar-refractivity contribution in [1.29, 1.82) is 0 Å². The van der Waals surface area contributed by atoms with Crippen LogP contribution < -0.4 is 5.32 Å². The first-order valence-electron chi connectivity index (χ1n) is 12.2. The van der Waals surface area contributed by atoms with Gasteiger partial charge in [-0.15, -0.1) is 0 Å². The van der Waals surface area contributed by atoms with Gasteiger partial charge in [0.25, 0.3) is 0 Å². The molecule has 1 unspecified atom stereocenters. The van der Waals surface area contributed by atoms with Crippen LogP contribution in [-0.2, 0) is 24.2 Å². The Morgan fingerprint density at radius 1 is 0.941 bits per heavy atom. The van der Waals surface area contributed by atoms with Crippen LogP contribution >= 0.6 is 0 Å². The molecular weight excluding hydrogens is 420 g/mol. The number of benzene rings is 3. The molecule has 1 amide bonds. The summed E-state index contributed by atoms with van der Waals surface area (Å²) in [5.41, 5.74) is 7.74. The number of hydrogen-bond donors (Lipinski definition) is 2. The van der Waals surface area contributed by atoms with Gasteiger partial charge in [-0.3, -0.25) is 9.69 Å². The number of carbonyl (C=O) groups is 1. The lowest BCUT2D eigenvalue weighted by Crippen LogP contribution is -2.45. The molecule has 0 radical (unpaired) electrons. The molecule has 4 rings (SSSR count). The molecule has 0 fully saturated rings. The first-order valence-corrected chi connectivity index (χ1v) is 12.2. The average Bonchev–Trinajstić information content (AvgIpc) is 3.03. The van der Waals surface area contributed by atoms with Gasteiger partial charge in [0.2, 0.25) is 5.91 Å². The van der Waals surface area contributed by atoms with Crippen LogP contribution in [0.2, 0.25) is 0 Å². The Kier molecular flexibility index (Phi) is 8.29. The minimum Gasteiger partial charge on any atom is -0.396 e. The second-order valence-corrected chi connectivity index (χ2v) is 8.93. The van der Waals surface area contributed by atoms with Crippen molar-refractivity contribution in [2.75, 3.05) is 20.2 Å². The first kappa shape index (κ1) is 23.9. The second kappa shape index (κ2) is 11.8. The third-order valence-corrected chi connectivity index (χ3v) is 6.66. The van der Waals surface area contributed by atoms with Gasteiger partial charge in [-0.25, -0.2) is 0 Å². The molecule has 2 N–H and O–H groups in total. The molecule has 1 aliphatic carbocycles. The molecule has 34 heavy (non-hydrogen) atoms. The quantitative estimate of drug-likeness (QED) is 0.497. The maximum Gasteiger partial charge on any atom is 0.237 e. The average molecular weight is 455 g/mol. The zero-order valence-electron chi connectivity index (χ0n) is 19.9. The lowest BCUT2D eigenvalue weighted by Gasteiger charge is -2.26. The predicted octanol–water partition coefficient (Wildman–Crippen LogP) is 4.61. The van der Waals surface area contributed by atoms with E-state index in [0.29, 0.717) is 13.0 Å². The molecule has 0 aliphatic heterocycles. The number of likely N-dealkylation sites (N-methyl/N-ethyl adjacent to an activating group) is 1. The van der Waals surface area contributed by atoms with Crippen molar-refractivity contribution in [3.05, 3.63) is 113 Å². The molecule has 3 aromatic rings. The van der Waals surface area contributed by atoms with Crippen LogP contribution in [0.5, 0.6) is 0 Å². The number of carbonyl (C=O) groups excluding carboxylic acids is 1. The van der Waals surface area contributed by atoms with Crippen molar-refractivity contribution in [3.8, 4) is 0 Å². The number of amides is 1. The molecule has 0 aromatic heterocycles. The molecule has 0 saturated carbocycles. The molecule has 0 heterocycles. The van der Waals surface area contributed by atoms with Gasteiger partial charge >= 0.3 is 0 Å². The maximum atomic E-state index is 12.9. The van der Waals surface area contributed by atoms with Gasteiger partial charge in [0.1, 0.15) is 0 Å². The minimum atomic E-state index is -0.360. The summed E-state index contributed by atoms with van der Waals surface area (Å²) < 4.78 is 0. The van der Waals surface area contributed by atoms with E-state index in [1.807, 2.05) is 37.4 Å². The number of nitrogens with zero attached hydrogens (tertiary/aromatic N) is 1. The lowest BCUT2D eigenvalue weighted by atomic mass is 9.93. The van der Waals surface area contributed by atoms with Crippen LogP contribution in [0, 0.1) is 0 Å². The van der Waals surface area contributed by atoms with Gasteiger partial charge in [-0.05, 0) is 66.1 Å². The highest BCUT2D eigenvalue weighted by atomic mass is 16.3. The van der Waals surface area contributed by atoms with Crippen molar-refractivity contribution in [3.63, 3.8) is 0 Å². The van der Waals surface area contributed by atoms with E-state index in [4.69, 9.17) is 0 Å². The smallest absolute Gasteiger partial charge is 0.237 e. The Morgan fingerprint density at radius 2 is 1.53 bits per heavy atom. The van der Waals surface area contributed by atoms with Crippen LogP contribution in [0.4, 0.5) is 0 Å². The summed E-state index contributed by atoms with van der Waals surface area (Å²) in [6, 6.07) is 26.9. The zero-order valence-corrected chi connectivity index (χ0v) is 19.9. The second-order valence-electron chi connectivity index (χ2n) is 8.93. The molecular formula is C30H34N2O2. The molecule has 0 saturated heterocycles. The van der Waals surface area contributed by atoms with E-state index in [2.05, 4.69) is 64.8 Å². The van der Waals surface area contributed by atoms with Gasteiger partial charge < -0.3 is 10.4 Å². The van der Waals surface area contributed by atoms with E-state index < -0.39 is 0 Å². The Hall–Kier alpha value is -3.21. The molecule has 3 aromatic carbocycles. The predicted molar refractivity (Wildman–Crippen MR) is 138 cm³/mol. The minimum absolute atomic E-state index is 0.0183. The van der Waals surface area contributed by atoms with Gasteiger partial charge in [-0.1, -0.05) is 84.9 Å². The third-order valence-electron chi connectivity index (χ3n) is 6.66. The van der Waals surface area contributed by atoms with Crippen molar-refractivity contribution in [2.45, 2.75) is 38.3 Å². The summed E-state index contributed by atoms with van der Waals surface area (Å²) in [6.07, 6.45) is 5.65. The fraction of sp³-hybridized carbons (Fsp3) is 0.300. The molecule has 1 aliphatic rings. The van der Waals surface area contributed by atoms with Crippen LogP contribution in [-0.4, -0.2) is 42.2 Å². The van der Waals surface area contributed by atoms with Crippen molar-refractivity contribution < 1.29 is 9.90 Å². The topological polar surface area (TPSA) is 52.6 Å². The first-order chi connectivity index (χ1) is 16.7. The van der Waals surface area contributed by atoms with Crippen LogP contribution in [0.25, 0.3) is 5.57 Å². The van der Waals surface area contributed by atoms with E-state index >= 15 is 0 Å². The monoisotopic (exact) mass is 454 g/mol. The fourth-order valence-corrected chi connectivity index (χ4v) is 4.78. The van der Waals surface area contributed by atoms with E-state index in [9.17, 15) is 9.90 Å². The number of nitrogens with one attached hydrogen (secondary N) is 1. The molecule has 4 nitrogen and oxygen atoms in total. The summed E-state index contributed by atoms with van der Waals surface area (Å²) in [4.78, 5) is 15.0. The molecule has 4 heteroatoms. The Morgan fingerprint density at radius 3 is 2.15 bits per heavy atom. The molecule has 0 spiro atoms. The van der Waals surface area contributed by atoms with E-state index in [-0.39, 0.29) is 18.6 Å². The number of rotatable bonds is 9. The SMILES string of the molecule is CN(CCC=C1c2ccccc2CCc2ccccc21)C(CCO)C(=O)NCc1ccccc1. The summed E-state index contributed by atoms with van der Waals surface area (Å²) >= 11 is 0. The highest BCUT2D eigenvalue weighted by Gasteiger charge is 2.22. The zero-order chi connectivity index (χ0) is 23.8. The van der Waals surface area contributed by atoms with Gasteiger partial charge in [0.05, 0.1) is 6.04 Å². The van der Waals surface area contributed by atoms with Gasteiger partial charge in [-0.2, -0.15) is 0 Å². The fourth-order valence-electron chi connectivity index (χ4n) is 4.78. The standard InChI is InChI=1S/C30H34N2O2/c1-32(29(19-21-33)30(34)31-22-23-10-3-2-4-11-23)20-9-16-28-26-14-7-5-12-24(26)17-18-25-13-6-8-15-27(25)28/h2-8,10-16,29,33H,9,17-22H2,1H3,(H,31,34). The highest BCUT2D eigenvalue weighted by Crippen LogP contribution is 2.33. The van der Waals surface area contributed by atoms with Crippen LogP contribution in [0.3, 0.4) is 0 Å². The lowest BCUT2D eigenvalue weighted by molar-refractivity contribution is -0.126. The summed E-state index contributed by atoms with van der Waals surface area (Å²) in [5, 5.41) is 12.6. The highest BCUT2D eigenvalue weighted by molar-refractivity contribution is 5.84. The van der Waals surface area contributed by atoms with Crippen molar-refractivity contribution in [2.24, 2.45) is 0 Å². The molecule has 0 bridgehead atoms. The van der Waals surface area contributed by atoms with Crippen LogP contribution in [0.15, 0.2) is 84.9 Å². The Bertz CT molecular complexity index is 1070. The maximum absolute atomic E-state index is 12.9. The van der Waals surface area contributed by atoms with E-state index in [0.717, 1.165) is 31.4 Å². The van der Waals surface area contributed by atoms with Gasteiger partial charge in [0.15, 0.2) is 0 Å². The number of fused-ring (bicyclic) bond motifs is 2. The molecule has 176 valence electrons. The summed E-state index contributed by atoms with van der Waals surface area (Å²) in [7, 11) is 1.97. The summed E-state index contributed by atoms with van der Waals surface area (Å²) in [6.45, 7) is 1.21. The number of aliphatic hydroxyl groups excluding tert-OH is 1. The Balaban J connectivity index is 1.46. The van der Waals surface area contributed by atoms with Crippen molar-refractivity contribution in [1.82, 2.24) is 10.2 Å². The summed E-state index contributed by atoms with van der Waals surface area (Å²) in [5.74, 6) is -0.0433. The number of hydrogen-bond acceptors (Lipinski definition) is 3. The largest absolute Gasteiger partial charge is 0.396 e. The van der Waals surface area contributed by atoms with E-state index in [1.54, 1.807) is 0 Å². The van der Waals surface area contributed by atoms with Gasteiger partial charge in [0, 0.05) is 19.7 Å². The van der Waals surface area contributed by atoms with E-state index in [1.165, 1.54) is 27.8 Å². The normalized spacial score (nSPS) is 13.6. The number of aryl methyl sites for hydroxylation is 2. The molecule has 1 atom stereocenters. The third kappa shape index (κ3) is 5.82. The Labute approximate surface area is 202 Å².